The van der Waals surface area contributed by atoms with E-state index in [1.54, 1.807) is 12.1 Å². The van der Waals surface area contributed by atoms with Crippen LogP contribution in [0, 0.1) is 0 Å². The number of nitrogens with one attached hydrogen (secondary N) is 4. The van der Waals surface area contributed by atoms with Gasteiger partial charge in [-0.05, 0) is 49.9 Å². The zero-order valence-corrected chi connectivity index (χ0v) is 21.7. The van der Waals surface area contributed by atoms with Crippen LogP contribution in [0.5, 0.6) is 5.75 Å². The molecule has 0 aliphatic carbocycles. The van der Waals surface area contributed by atoms with Crippen LogP contribution in [0.3, 0.4) is 0 Å². The Bertz CT molecular complexity index is 1140. The Kier molecular flexibility index (Phi) is 12.5. The highest BCUT2D eigenvalue weighted by molar-refractivity contribution is 5.95. The van der Waals surface area contributed by atoms with Gasteiger partial charge in [-0.25, -0.2) is 9.78 Å². The second kappa shape index (κ2) is 15.8. The van der Waals surface area contributed by atoms with E-state index in [-0.39, 0.29) is 25.0 Å². The number of carbonyl (C=O) groups is 5. The molecule has 15 heteroatoms. The monoisotopic (exact) mass is 561 g/mol. The number of phenols is 1. The van der Waals surface area contributed by atoms with Crippen LogP contribution in [0.15, 0.2) is 36.8 Å². The van der Waals surface area contributed by atoms with Crippen molar-refractivity contribution in [2.45, 2.75) is 62.7 Å². The Balaban J connectivity index is 2.12. The maximum atomic E-state index is 13.1. The summed E-state index contributed by atoms with van der Waals surface area (Å²) >= 11 is 0. The first kappa shape index (κ1) is 31.7. The summed E-state index contributed by atoms with van der Waals surface area (Å²) in [4.78, 5) is 68.4. The molecule has 0 fully saturated rings. The molecule has 1 heterocycles. The molecule has 0 bridgehead atoms. The molecule has 0 aliphatic rings. The average molecular weight is 562 g/mol. The molecule has 1 aromatic heterocycles. The number of H-pyrrole nitrogens is 1. The van der Waals surface area contributed by atoms with E-state index in [0.717, 1.165) is 0 Å². The van der Waals surface area contributed by atoms with Crippen LogP contribution in [0.2, 0.25) is 0 Å². The van der Waals surface area contributed by atoms with Crippen molar-refractivity contribution in [1.82, 2.24) is 25.9 Å². The van der Waals surface area contributed by atoms with E-state index in [1.807, 2.05) is 0 Å². The van der Waals surface area contributed by atoms with E-state index in [2.05, 4.69) is 25.9 Å². The van der Waals surface area contributed by atoms with Gasteiger partial charge in [-0.15, -0.1) is 0 Å². The van der Waals surface area contributed by atoms with Gasteiger partial charge < -0.3 is 47.7 Å². The van der Waals surface area contributed by atoms with Crippen molar-refractivity contribution < 1.29 is 39.3 Å². The number of hydrogen-bond donors (Lipinski definition) is 9. The number of aromatic amines is 1. The summed E-state index contributed by atoms with van der Waals surface area (Å²) in [6, 6.07) is 0.800. The van der Waals surface area contributed by atoms with Gasteiger partial charge in [-0.2, -0.15) is 0 Å². The van der Waals surface area contributed by atoms with Gasteiger partial charge in [0.2, 0.25) is 17.7 Å². The summed E-state index contributed by atoms with van der Waals surface area (Å²) in [5.41, 5.74) is 12.6. The minimum absolute atomic E-state index is 0.0503. The predicted molar refractivity (Wildman–Crippen MR) is 141 cm³/mol. The van der Waals surface area contributed by atoms with Crippen molar-refractivity contribution in [3.63, 3.8) is 0 Å². The molecule has 15 nitrogen and oxygen atoms in total. The molecule has 0 spiro atoms. The topological polar surface area (TPSA) is 263 Å². The third-order valence-electron chi connectivity index (χ3n) is 5.91. The second-order valence-electron chi connectivity index (χ2n) is 9.16. The van der Waals surface area contributed by atoms with Crippen LogP contribution in [0.25, 0.3) is 0 Å². The number of carbonyl (C=O) groups excluding carboxylic acids is 3. The Hall–Kier alpha value is -4.50. The number of carboxylic acid groups (broad SMARTS) is 2. The van der Waals surface area contributed by atoms with Gasteiger partial charge in [-0.3, -0.25) is 19.2 Å². The maximum Gasteiger partial charge on any atom is 0.326 e. The van der Waals surface area contributed by atoms with E-state index >= 15 is 0 Å². The third-order valence-corrected chi connectivity index (χ3v) is 5.91. The molecular formula is C25H35N7O8. The number of hydrogen-bond acceptors (Lipinski definition) is 9. The standard InChI is InChI=1S/C25H35N7O8/c26-8-2-1-3-18(30-22(36)17(27)9-14-4-6-16(33)7-5-14)23(37)31-19(11-21(34)35)24(38)32-20(25(39)40)10-15-12-28-13-29-15/h4-7,12-13,17-20,33H,1-3,8-11,26-27H2,(H,28,29)(H,30,36)(H,31,37)(H,32,38)(H,34,35)(H,39,40). The van der Waals surface area contributed by atoms with Crippen molar-refractivity contribution in [1.29, 1.82) is 0 Å². The number of aromatic nitrogens is 2. The first-order valence-corrected chi connectivity index (χ1v) is 12.6. The van der Waals surface area contributed by atoms with Crippen molar-refractivity contribution in [3.8, 4) is 5.75 Å². The van der Waals surface area contributed by atoms with Crippen molar-refractivity contribution in [3.05, 3.63) is 48.0 Å². The number of imidazole rings is 1. The number of nitrogens with zero attached hydrogens (tertiary/aromatic N) is 1. The van der Waals surface area contributed by atoms with Gasteiger partial charge >= 0.3 is 11.9 Å². The lowest BCUT2D eigenvalue weighted by molar-refractivity contribution is -0.143. The van der Waals surface area contributed by atoms with E-state index in [1.165, 1.54) is 24.7 Å². The average Bonchev–Trinajstić information content (AvgIpc) is 3.41. The Morgan fingerprint density at radius 1 is 0.875 bits per heavy atom. The normalized spacial score (nSPS) is 13.8. The first-order valence-electron chi connectivity index (χ1n) is 12.6. The van der Waals surface area contributed by atoms with Gasteiger partial charge in [0, 0.05) is 18.3 Å². The molecule has 0 radical (unpaired) electrons. The summed E-state index contributed by atoms with van der Waals surface area (Å²) < 4.78 is 0. The fraction of sp³-hybridized carbons (Fsp3) is 0.440. The molecule has 0 saturated heterocycles. The fourth-order valence-electron chi connectivity index (χ4n) is 3.76. The van der Waals surface area contributed by atoms with Crippen molar-refractivity contribution >= 4 is 29.7 Å². The highest BCUT2D eigenvalue weighted by Crippen LogP contribution is 2.11. The van der Waals surface area contributed by atoms with Crippen LogP contribution in [0.1, 0.15) is 36.9 Å². The van der Waals surface area contributed by atoms with E-state index in [9.17, 15) is 39.3 Å². The number of nitrogens with two attached hydrogens (primary N) is 2. The molecule has 4 atom stereocenters. The molecule has 11 N–H and O–H groups in total. The number of rotatable bonds is 17. The molecule has 2 rings (SSSR count). The molecule has 0 aliphatic heterocycles. The fourth-order valence-corrected chi connectivity index (χ4v) is 3.76. The summed E-state index contributed by atoms with van der Waals surface area (Å²) in [6.07, 6.45) is 2.91. The summed E-state index contributed by atoms with van der Waals surface area (Å²) in [5, 5.41) is 35.3. The maximum absolute atomic E-state index is 13.1. The lowest BCUT2D eigenvalue weighted by Gasteiger charge is -2.24. The van der Waals surface area contributed by atoms with Crippen LogP contribution in [0.4, 0.5) is 0 Å². The van der Waals surface area contributed by atoms with Gasteiger partial charge in [0.1, 0.15) is 23.9 Å². The van der Waals surface area contributed by atoms with E-state index in [0.29, 0.717) is 30.6 Å². The van der Waals surface area contributed by atoms with Gasteiger partial charge in [0.25, 0.3) is 0 Å². The van der Waals surface area contributed by atoms with Crippen molar-refractivity contribution in [2.24, 2.45) is 11.5 Å². The SMILES string of the molecule is NCCCCC(NC(=O)C(N)Cc1ccc(O)cc1)C(=O)NC(CC(=O)O)C(=O)NC(Cc1cnc[nH]1)C(=O)O. The number of carboxylic acids is 2. The van der Waals surface area contributed by atoms with Gasteiger partial charge in [0.15, 0.2) is 0 Å². The van der Waals surface area contributed by atoms with Crippen LogP contribution in [-0.2, 0) is 36.8 Å². The number of phenolic OH excluding ortho intramolecular Hbond substituents is 1. The zero-order valence-electron chi connectivity index (χ0n) is 21.7. The molecule has 218 valence electrons. The van der Waals surface area contributed by atoms with Crippen LogP contribution < -0.4 is 27.4 Å². The Labute approximate surface area is 229 Å². The molecule has 4 unspecified atom stereocenters. The molecule has 2 aromatic rings. The smallest absolute Gasteiger partial charge is 0.326 e. The van der Waals surface area contributed by atoms with Crippen molar-refractivity contribution in [2.75, 3.05) is 6.54 Å². The highest BCUT2D eigenvalue weighted by atomic mass is 16.4. The number of amides is 3. The van der Waals surface area contributed by atoms with Gasteiger partial charge in [0.05, 0.1) is 18.8 Å². The Morgan fingerprint density at radius 3 is 2.08 bits per heavy atom. The lowest BCUT2D eigenvalue weighted by atomic mass is 10.0. The molecular weight excluding hydrogens is 526 g/mol. The molecule has 3 amide bonds. The zero-order chi connectivity index (χ0) is 29.7. The Morgan fingerprint density at radius 2 is 1.50 bits per heavy atom. The molecule has 1 aromatic carbocycles. The minimum atomic E-state index is -1.63. The number of aliphatic carboxylic acids is 2. The van der Waals surface area contributed by atoms with E-state index in [4.69, 9.17) is 11.5 Å². The molecule has 40 heavy (non-hydrogen) atoms. The van der Waals surface area contributed by atoms with E-state index < -0.39 is 60.2 Å². The summed E-state index contributed by atoms with van der Waals surface area (Å²) in [6.45, 7) is 0.333. The lowest BCUT2D eigenvalue weighted by Crippen LogP contribution is -2.57. The largest absolute Gasteiger partial charge is 0.508 e. The van der Waals surface area contributed by atoms with Crippen LogP contribution >= 0.6 is 0 Å². The third kappa shape index (κ3) is 10.7. The van der Waals surface area contributed by atoms with Crippen LogP contribution in [-0.4, -0.2) is 85.7 Å². The first-order chi connectivity index (χ1) is 19.0. The quantitative estimate of drug-likeness (QED) is 0.0990. The number of unbranched alkanes of at least 4 members (excludes halogenated alkanes) is 1. The summed E-state index contributed by atoms with van der Waals surface area (Å²) in [5.74, 6) is -5.28. The second-order valence-corrected chi connectivity index (χ2v) is 9.16. The summed E-state index contributed by atoms with van der Waals surface area (Å²) in [7, 11) is 0. The number of benzene rings is 1. The highest BCUT2D eigenvalue weighted by Gasteiger charge is 2.31. The molecule has 0 saturated carbocycles. The van der Waals surface area contributed by atoms with Gasteiger partial charge in [-0.1, -0.05) is 12.1 Å². The number of aromatic hydroxyl groups is 1. The minimum Gasteiger partial charge on any atom is -0.508 e. The predicted octanol–water partition coefficient (Wildman–Crippen LogP) is -1.63.